The van der Waals surface area contributed by atoms with E-state index in [1.54, 1.807) is 0 Å². The third kappa shape index (κ3) is 1.50. The first-order valence-corrected chi connectivity index (χ1v) is 4.56. The molecular formula is C9H12N2S. The maximum absolute atomic E-state index is 5.79. The van der Waals surface area contributed by atoms with Crippen LogP contribution in [-0.2, 0) is 0 Å². The van der Waals surface area contributed by atoms with Gasteiger partial charge in [-0.2, -0.15) is 0 Å². The third-order valence-corrected chi connectivity index (χ3v) is 2.37. The summed E-state index contributed by atoms with van der Waals surface area (Å²) >= 11 is 4.33. The topological polar surface area (TPSA) is 38.0 Å². The number of para-hydroxylation sites is 1. The van der Waals surface area contributed by atoms with Gasteiger partial charge in [-0.3, -0.25) is 0 Å². The Morgan fingerprint density at radius 3 is 2.75 bits per heavy atom. The summed E-state index contributed by atoms with van der Waals surface area (Å²) in [5, 5.41) is 3.35. The van der Waals surface area contributed by atoms with Gasteiger partial charge in [0, 0.05) is 10.9 Å². The van der Waals surface area contributed by atoms with Gasteiger partial charge in [0.05, 0.1) is 11.4 Å². The molecular weight excluding hydrogens is 168 g/mol. The smallest absolute Gasteiger partial charge is 0.0711 e. The molecule has 3 N–H and O–H groups in total. The molecule has 1 saturated carbocycles. The zero-order valence-corrected chi connectivity index (χ0v) is 7.64. The quantitative estimate of drug-likeness (QED) is 0.482. The van der Waals surface area contributed by atoms with Gasteiger partial charge in [-0.1, -0.05) is 6.07 Å². The lowest BCUT2D eigenvalue weighted by Crippen LogP contribution is -2.04. The van der Waals surface area contributed by atoms with E-state index < -0.39 is 0 Å². The molecule has 0 radical (unpaired) electrons. The molecule has 3 heteroatoms. The molecule has 0 heterocycles. The van der Waals surface area contributed by atoms with Crippen LogP contribution in [0.5, 0.6) is 0 Å². The van der Waals surface area contributed by atoms with Crippen molar-refractivity contribution in [3.05, 3.63) is 18.2 Å². The Morgan fingerprint density at radius 1 is 1.42 bits per heavy atom. The van der Waals surface area contributed by atoms with Crippen LogP contribution < -0.4 is 11.1 Å². The molecule has 2 rings (SSSR count). The van der Waals surface area contributed by atoms with Gasteiger partial charge in [-0.25, -0.2) is 0 Å². The van der Waals surface area contributed by atoms with Gasteiger partial charge in [0.2, 0.25) is 0 Å². The maximum atomic E-state index is 5.79. The lowest BCUT2D eigenvalue weighted by atomic mass is 10.2. The number of rotatable bonds is 2. The highest BCUT2D eigenvalue weighted by atomic mass is 32.1. The molecule has 0 bridgehead atoms. The summed E-state index contributed by atoms with van der Waals surface area (Å²) < 4.78 is 0. The molecule has 0 amide bonds. The second kappa shape index (κ2) is 2.90. The summed E-state index contributed by atoms with van der Waals surface area (Å²) in [4.78, 5) is 0.932. The summed E-state index contributed by atoms with van der Waals surface area (Å²) in [6, 6.07) is 6.38. The van der Waals surface area contributed by atoms with Crippen molar-refractivity contribution < 1.29 is 0 Å². The number of nitrogens with two attached hydrogens (primary N) is 1. The van der Waals surface area contributed by atoms with Crippen LogP contribution in [0.25, 0.3) is 0 Å². The zero-order valence-electron chi connectivity index (χ0n) is 6.75. The van der Waals surface area contributed by atoms with Crippen molar-refractivity contribution in [2.75, 3.05) is 11.1 Å². The molecule has 0 atom stereocenters. The fourth-order valence-corrected chi connectivity index (χ4v) is 1.43. The van der Waals surface area contributed by atoms with Crippen LogP contribution in [0, 0.1) is 0 Å². The normalized spacial score (nSPS) is 16.1. The lowest BCUT2D eigenvalue weighted by Gasteiger charge is -2.09. The molecule has 1 aromatic carbocycles. The van der Waals surface area contributed by atoms with E-state index in [1.807, 2.05) is 18.2 Å². The standard InChI is InChI=1S/C9H12N2S/c10-7-2-1-3-8(12)9(7)11-6-4-5-6/h1-3,6,11-12H,4-5,10H2. The highest BCUT2D eigenvalue weighted by Crippen LogP contribution is 2.32. The van der Waals surface area contributed by atoms with Crippen LogP contribution in [0.15, 0.2) is 23.1 Å². The van der Waals surface area contributed by atoms with Gasteiger partial charge in [0.15, 0.2) is 0 Å². The van der Waals surface area contributed by atoms with Crippen LogP contribution in [0.3, 0.4) is 0 Å². The van der Waals surface area contributed by atoms with Crippen LogP contribution in [0.1, 0.15) is 12.8 Å². The van der Waals surface area contributed by atoms with Gasteiger partial charge < -0.3 is 11.1 Å². The lowest BCUT2D eigenvalue weighted by molar-refractivity contribution is 1.14. The van der Waals surface area contributed by atoms with Crippen molar-refractivity contribution in [2.24, 2.45) is 0 Å². The molecule has 0 aliphatic heterocycles. The summed E-state index contributed by atoms with van der Waals surface area (Å²) in [6.07, 6.45) is 2.50. The third-order valence-electron chi connectivity index (χ3n) is 2.00. The van der Waals surface area contributed by atoms with Gasteiger partial charge in [0.1, 0.15) is 0 Å². The maximum Gasteiger partial charge on any atom is 0.0711 e. The van der Waals surface area contributed by atoms with Crippen molar-refractivity contribution in [3.8, 4) is 0 Å². The number of hydrogen-bond acceptors (Lipinski definition) is 3. The van der Waals surface area contributed by atoms with Crippen molar-refractivity contribution >= 4 is 24.0 Å². The zero-order chi connectivity index (χ0) is 8.55. The van der Waals surface area contributed by atoms with E-state index in [0.29, 0.717) is 6.04 Å². The number of nitrogens with one attached hydrogen (secondary N) is 1. The highest BCUT2D eigenvalue weighted by molar-refractivity contribution is 7.80. The van der Waals surface area contributed by atoms with Crippen LogP contribution in [-0.4, -0.2) is 6.04 Å². The Kier molecular flexibility index (Phi) is 1.89. The predicted octanol–water partition coefficient (Wildman–Crippen LogP) is 2.13. The molecule has 2 nitrogen and oxygen atoms in total. The highest BCUT2D eigenvalue weighted by Gasteiger charge is 2.22. The fourth-order valence-electron chi connectivity index (χ4n) is 1.15. The Morgan fingerprint density at radius 2 is 2.17 bits per heavy atom. The molecule has 0 unspecified atom stereocenters. The summed E-state index contributed by atoms with van der Waals surface area (Å²) in [6.45, 7) is 0. The number of hydrogen-bond donors (Lipinski definition) is 3. The van der Waals surface area contributed by atoms with Gasteiger partial charge in [0.25, 0.3) is 0 Å². The van der Waals surface area contributed by atoms with Gasteiger partial charge >= 0.3 is 0 Å². The number of thiol groups is 1. The van der Waals surface area contributed by atoms with E-state index in [-0.39, 0.29) is 0 Å². The Balaban J connectivity index is 2.26. The first-order chi connectivity index (χ1) is 5.77. The first kappa shape index (κ1) is 7.80. The van der Waals surface area contributed by atoms with Gasteiger partial charge in [-0.15, -0.1) is 12.6 Å². The van der Waals surface area contributed by atoms with E-state index in [0.717, 1.165) is 16.3 Å². The molecule has 0 saturated heterocycles. The monoisotopic (exact) mass is 180 g/mol. The minimum atomic E-state index is 0.626. The average molecular weight is 180 g/mol. The molecule has 1 fully saturated rings. The van der Waals surface area contributed by atoms with Crippen molar-refractivity contribution in [2.45, 2.75) is 23.8 Å². The molecule has 1 aliphatic carbocycles. The second-order valence-corrected chi connectivity index (χ2v) is 3.64. The molecule has 0 aromatic heterocycles. The number of anilines is 2. The minimum absolute atomic E-state index is 0.626. The van der Waals surface area contributed by atoms with Crippen LogP contribution in [0.2, 0.25) is 0 Å². The van der Waals surface area contributed by atoms with Crippen molar-refractivity contribution in [3.63, 3.8) is 0 Å². The fraction of sp³-hybridized carbons (Fsp3) is 0.333. The van der Waals surface area contributed by atoms with Crippen LogP contribution in [0.4, 0.5) is 11.4 Å². The largest absolute Gasteiger partial charge is 0.397 e. The summed E-state index contributed by atoms with van der Waals surface area (Å²) in [5.74, 6) is 0. The predicted molar refractivity (Wildman–Crippen MR) is 54.8 cm³/mol. The summed E-state index contributed by atoms with van der Waals surface area (Å²) in [5.41, 5.74) is 7.56. The second-order valence-electron chi connectivity index (χ2n) is 3.16. The molecule has 1 aliphatic rings. The molecule has 1 aromatic rings. The Bertz CT molecular complexity index is 274. The van der Waals surface area contributed by atoms with Crippen LogP contribution >= 0.6 is 12.6 Å². The van der Waals surface area contributed by atoms with Crippen molar-refractivity contribution in [1.29, 1.82) is 0 Å². The van der Waals surface area contributed by atoms with E-state index >= 15 is 0 Å². The average Bonchev–Trinajstić information content (AvgIpc) is 2.80. The van der Waals surface area contributed by atoms with E-state index in [1.165, 1.54) is 12.8 Å². The van der Waals surface area contributed by atoms with Crippen molar-refractivity contribution in [1.82, 2.24) is 0 Å². The molecule has 0 spiro atoms. The van der Waals surface area contributed by atoms with E-state index in [2.05, 4.69) is 17.9 Å². The SMILES string of the molecule is Nc1cccc(S)c1NC1CC1. The first-order valence-electron chi connectivity index (χ1n) is 4.11. The number of benzene rings is 1. The minimum Gasteiger partial charge on any atom is -0.397 e. The van der Waals surface area contributed by atoms with E-state index in [4.69, 9.17) is 5.73 Å². The summed E-state index contributed by atoms with van der Waals surface area (Å²) in [7, 11) is 0. The van der Waals surface area contributed by atoms with E-state index in [9.17, 15) is 0 Å². The number of nitrogen functional groups attached to an aromatic ring is 1. The molecule has 12 heavy (non-hydrogen) atoms. The Labute approximate surface area is 77.6 Å². The Hall–Kier alpha value is -0.830. The molecule has 64 valence electrons. The van der Waals surface area contributed by atoms with Gasteiger partial charge in [-0.05, 0) is 25.0 Å².